The third-order valence-corrected chi connectivity index (χ3v) is 6.57. The Hall–Kier alpha value is -3.78. The maximum Gasteiger partial charge on any atom is 0.331 e. The lowest BCUT2D eigenvalue weighted by atomic mass is 10.0. The number of methoxy groups -OCH3 is 2. The zero-order chi connectivity index (χ0) is 24.1. The first-order valence-electron chi connectivity index (χ1n) is 11.1. The Labute approximate surface area is 196 Å². The minimum Gasteiger partial charge on any atom is -0.497 e. The van der Waals surface area contributed by atoms with E-state index in [0.717, 1.165) is 32.6 Å². The molecule has 34 heavy (non-hydrogen) atoms. The molecule has 1 atom stereocenters. The van der Waals surface area contributed by atoms with Crippen molar-refractivity contribution in [2.45, 2.75) is 19.6 Å². The average molecular weight is 462 g/mol. The molecule has 2 aromatic carbocycles. The summed E-state index contributed by atoms with van der Waals surface area (Å²) in [4.78, 5) is 26.5. The van der Waals surface area contributed by atoms with E-state index in [1.54, 1.807) is 25.8 Å². The highest BCUT2D eigenvalue weighted by Gasteiger charge is 2.34. The number of nitrogens with zero attached hydrogens (tertiary/aromatic N) is 3. The largest absolute Gasteiger partial charge is 0.497 e. The van der Waals surface area contributed by atoms with Crippen LogP contribution in [0.25, 0.3) is 22.2 Å². The molecule has 1 unspecified atom stereocenters. The van der Waals surface area contributed by atoms with Crippen LogP contribution in [0.4, 0.5) is 0 Å². The first-order chi connectivity index (χ1) is 16.4. The summed E-state index contributed by atoms with van der Waals surface area (Å²) in [5.74, 6) is 1.27. The van der Waals surface area contributed by atoms with Crippen molar-refractivity contribution in [1.82, 2.24) is 13.7 Å². The van der Waals surface area contributed by atoms with E-state index in [1.165, 1.54) is 7.05 Å². The van der Waals surface area contributed by atoms with Crippen molar-refractivity contribution in [2.75, 3.05) is 20.8 Å². The number of hydrogen-bond acceptors (Lipinski definition) is 5. The number of aromatic nitrogens is 3. The van der Waals surface area contributed by atoms with Gasteiger partial charge in [-0.1, -0.05) is 23.8 Å². The van der Waals surface area contributed by atoms with Gasteiger partial charge in [-0.15, -0.1) is 0 Å². The van der Waals surface area contributed by atoms with Gasteiger partial charge in [0.05, 0.1) is 43.1 Å². The van der Waals surface area contributed by atoms with Gasteiger partial charge in [0, 0.05) is 32.3 Å². The average Bonchev–Trinajstić information content (AvgIpc) is 3.21. The minimum absolute atomic E-state index is 0.322. The second-order valence-corrected chi connectivity index (χ2v) is 8.54. The number of hydrogen-bond donors (Lipinski definition) is 0. The molecule has 1 aliphatic rings. The van der Waals surface area contributed by atoms with Gasteiger partial charge in [-0.05, 0) is 30.7 Å². The van der Waals surface area contributed by atoms with Crippen LogP contribution < -0.4 is 20.7 Å². The summed E-state index contributed by atoms with van der Waals surface area (Å²) in [5, 5.41) is 0.508. The highest BCUT2D eigenvalue weighted by atomic mass is 16.5. The predicted molar refractivity (Wildman–Crippen MR) is 130 cm³/mol. The van der Waals surface area contributed by atoms with Crippen LogP contribution in [0, 0.1) is 6.92 Å². The van der Waals surface area contributed by atoms with E-state index in [0.29, 0.717) is 35.6 Å². The lowest BCUT2D eigenvalue weighted by Crippen LogP contribution is -2.37. The molecule has 3 heterocycles. The molecule has 0 saturated heterocycles. The van der Waals surface area contributed by atoms with Crippen molar-refractivity contribution < 1.29 is 14.2 Å². The molecule has 5 rings (SSSR count). The molecule has 0 N–H and O–H groups in total. The van der Waals surface area contributed by atoms with Gasteiger partial charge in [-0.2, -0.15) is 0 Å². The van der Waals surface area contributed by atoms with Gasteiger partial charge < -0.3 is 18.8 Å². The number of ether oxygens (including phenoxy) is 3. The van der Waals surface area contributed by atoms with Gasteiger partial charge in [0.1, 0.15) is 17.6 Å². The molecule has 1 aliphatic heterocycles. The van der Waals surface area contributed by atoms with Crippen molar-refractivity contribution in [2.24, 2.45) is 14.1 Å². The Morgan fingerprint density at radius 3 is 2.50 bits per heavy atom. The highest BCUT2D eigenvalue weighted by molar-refractivity contribution is 5.96. The zero-order valence-electron chi connectivity index (χ0n) is 19.9. The predicted octanol–water partition coefficient (Wildman–Crippen LogP) is 3.15. The summed E-state index contributed by atoms with van der Waals surface area (Å²) in [6.07, 6.45) is -0.534. The van der Waals surface area contributed by atoms with E-state index in [-0.39, 0.29) is 11.2 Å². The number of benzene rings is 2. The standard InChI is InChI=1S/C26H27N3O5/c1-15-7-6-8-16(13-15)21-20-22(27(2)26(31)28(3)25(20)30)23-24(34-12-11-29(21)23)18-10-9-17(32-4)14-19(18)33-5/h6-10,13-14,24H,11-12H2,1-5H3. The van der Waals surface area contributed by atoms with Gasteiger partial charge in [0.25, 0.3) is 5.56 Å². The number of aryl methyl sites for hydroxylation is 2. The molecular formula is C26H27N3O5. The summed E-state index contributed by atoms with van der Waals surface area (Å²) < 4.78 is 22.1. The summed E-state index contributed by atoms with van der Waals surface area (Å²) in [6.45, 7) is 3.02. The van der Waals surface area contributed by atoms with Crippen LogP contribution in [0.5, 0.6) is 11.5 Å². The monoisotopic (exact) mass is 461 g/mol. The van der Waals surface area contributed by atoms with Crippen molar-refractivity contribution >= 4 is 10.9 Å². The number of fused-ring (bicyclic) bond motifs is 3. The van der Waals surface area contributed by atoms with Gasteiger partial charge in [-0.25, -0.2) is 4.79 Å². The maximum absolute atomic E-state index is 13.5. The van der Waals surface area contributed by atoms with Crippen LogP contribution in [0.1, 0.15) is 22.9 Å². The van der Waals surface area contributed by atoms with Crippen molar-refractivity contribution in [3.8, 4) is 22.8 Å². The summed E-state index contributed by atoms with van der Waals surface area (Å²) in [5.41, 5.74) is 4.24. The SMILES string of the molecule is COc1ccc(C2OCCn3c(-c4cccc(C)c4)c4c(=O)n(C)c(=O)n(C)c4c32)c(OC)c1. The Bertz CT molecular complexity index is 1540. The first kappa shape index (κ1) is 22.0. The van der Waals surface area contributed by atoms with E-state index >= 15 is 0 Å². The molecule has 2 aromatic heterocycles. The third kappa shape index (κ3) is 3.17. The summed E-state index contributed by atoms with van der Waals surface area (Å²) >= 11 is 0. The van der Waals surface area contributed by atoms with Crippen LogP contribution in [0.15, 0.2) is 52.1 Å². The molecule has 0 amide bonds. The Morgan fingerprint density at radius 1 is 1.00 bits per heavy atom. The van der Waals surface area contributed by atoms with E-state index in [9.17, 15) is 9.59 Å². The van der Waals surface area contributed by atoms with Gasteiger partial charge in [0.15, 0.2) is 0 Å². The van der Waals surface area contributed by atoms with Crippen molar-refractivity contribution in [3.63, 3.8) is 0 Å². The maximum atomic E-state index is 13.5. The minimum atomic E-state index is -0.534. The summed E-state index contributed by atoms with van der Waals surface area (Å²) in [7, 11) is 6.41. The highest BCUT2D eigenvalue weighted by Crippen LogP contribution is 2.43. The zero-order valence-corrected chi connectivity index (χ0v) is 19.9. The smallest absolute Gasteiger partial charge is 0.331 e. The van der Waals surface area contributed by atoms with Crippen LogP contribution >= 0.6 is 0 Å². The fraction of sp³-hybridized carbons (Fsp3) is 0.308. The molecule has 8 heteroatoms. The lowest BCUT2D eigenvalue weighted by molar-refractivity contribution is 0.0463. The molecule has 0 bridgehead atoms. The molecule has 4 aromatic rings. The number of rotatable bonds is 4. The molecule has 0 fully saturated rings. The van der Waals surface area contributed by atoms with E-state index < -0.39 is 6.10 Å². The topological polar surface area (TPSA) is 76.6 Å². The Morgan fingerprint density at radius 2 is 1.79 bits per heavy atom. The fourth-order valence-corrected chi connectivity index (χ4v) is 4.94. The second kappa shape index (κ2) is 8.22. The Balaban J connectivity index is 1.92. The van der Waals surface area contributed by atoms with Crippen molar-refractivity contribution in [1.29, 1.82) is 0 Å². The molecule has 0 aliphatic carbocycles. The van der Waals surface area contributed by atoms with Gasteiger partial charge in [0.2, 0.25) is 0 Å². The fourth-order valence-electron chi connectivity index (χ4n) is 4.94. The van der Waals surface area contributed by atoms with Crippen molar-refractivity contribution in [3.05, 3.63) is 80.1 Å². The first-order valence-corrected chi connectivity index (χ1v) is 11.1. The molecule has 0 saturated carbocycles. The lowest BCUT2D eigenvalue weighted by Gasteiger charge is -2.28. The Kier molecular flexibility index (Phi) is 5.32. The van der Waals surface area contributed by atoms with E-state index in [4.69, 9.17) is 14.2 Å². The molecule has 8 nitrogen and oxygen atoms in total. The molecule has 0 radical (unpaired) electrons. The molecular weight excluding hydrogens is 434 g/mol. The van der Waals surface area contributed by atoms with Crippen LogP contribution in [-0.4, -0.2) is 34.5 Å². The van der Waals surface area contributed by atoms with Gasteiger partial charge in [-0.3, -0.25) is 13.9 Å². The van der Waals surface area contributed by atoms with Crippen LogP contribution in [0.3, 0.4) is 0 Å². The molecule has 176 valence electrons. The van der Waals surface area contributed by atoms with Gasteiger partial charge >= 0.3 is 5.69 Å². The third-order valence-electron chi connectivity index (χ3n) is 6.57. The van der Waals surface area contributed by atoms with Crippen LogP contribution in [-0.2, 0) is 25.4 Å². The molecule has 0 spiro atoms. The second-order valence-electron chi connectivity index (χ2n) is 8.54. The van der Waals surface area contributed by atoms with E-state index in [1.807, 2.05) is 43.3 Å². The van der Waals surface area contributed by atoms with Crippen LogP contribution in [0.2, 0.25) is 0 Å². The van der Waals surface area contributed by atoms with E-state index in [2.05, 4.69) is 10.6 Å². The normalized spacial score (nSPS) is 15.4. The quantitative estimate of drug-likeness (QED) is 0.467. The summed E-state index contributed by atoms with van der Waals surface area (Å²) in [6, 6.07) is 13.6.